The third kappa shape index (κ3) is 2.55. The van der Waals surface area contributed by atoms with Crippen molar-refractivity contribution in [3.63, 3.8) is 0 Å². The molecular weight excluding hydrogens is 223 g/mol. The summed E-state index contributed by atoms with van der Waals surface area (Å²) in [7, 11) is 0. The normalized spacial score (nSPS) is 20.4. The lowest BCUT2D eigenvalue weighted by Crippen LogP contribution is -2.19. The molecule has 1 aliphatic rings. The molecule has 1 aromatic carbocycles. The van der Waals surface area contributed by atoms with Crippen LogP contribution in [-0.4, -0.2) is 17.0 Å². The molecule has 1 heterocycles. The van der Waals surface area contributed by atoms with Crippen LogP contribution in [-0.2, 0) is 0 Å². The molecule has 16 heavy (non-hydrogen) atoms. The van der Waals surface area contributed by atoms with Crippen LogP contribution in [0, 0.1) is 12.7 Å². The second-order valence-corrected chi connectivity index (χ2v) is 5.06. The molecule has 0 fully saturated rings. The van der Waals surface area contributed by atoms with Crippen molar-refractivity contribution in [2.45, 2.75) is 26.3 Å². The Balaban J connectivity index is 2.20. The van der Waals surface area contributed by atoms with Crippen LogP contribution in [0.25, 0.3) is 0 Å². The highest BCUT2D eigenvalue weighted by Gasteiger charge is 2.14. The highest BCUT2D eigenvalue weighted by Crippen LogP contribution is 2.23. The second kappa shape index (κ2) is 4.87. The summed E-state index contributed by atoms with van der Waals surface area (Å²) in [5, 5.41) is 3.91. The maximum absolute atomic E-state index is 13.6. The van der Waals surface area contributed by atoms with Crippen molar-refractivity contribution in [2.75, 3.05) is 11.1 Å². The molecule has 1 aliphatic heterocycles. The predicted octanol–water partition coefficient (Wildman–Crippen LogP) is 3.43. The summed E-state index contributed by atoms with van der Waals surface area (Å²) in [6.45, 7) is 3.97. The summed E-state index contributed by atoms with van der Waals surface area (Å²) < 4.78 is 13.6. The zero-order valence-electron chi connectivity index (χ0n) is 9.46. The van der Waals surface area contributed by atoms with Crippen molar-refractivity contribution in [1.29, 1.82) is 0 Å². The van der Waals surface area contributed by atoms with Crippen LogP contribution < -0.4 is 5.32 Å². The van der Waals surface area contributed by atoms with Gasteiger partial charge in [0.15, 0.2) is 5.17 Å². The molecule has 0 saturated carbocycles. The molecule has 0 saturated heterocycles. The number of amidine groups is 1. The van der Waals surface area contributed by atoms with Crippen molar-refractivity contribution in [3.05, 3.63) is 29.6 Å². The number of benzene rings is 1. The molecule has 86 valence electrons. The summed E-state index contributed by atoms with van der Waals surface area (Å²) in [4.78, 5) is 4.46. The van der Waals surface area contributed by atoms with Gasteiger partial charge in [0.25, 0.3) is 0 Å². The highest BCUT2D eigenvalue weighted by molar-refractivity contribution is 8.14. The van der Waals surface area contributed by atoms with Gasteiger partial charge >= 0.3 is 0 Å². The van der Waals surface area contributed by atoms with Crippen molar-refractivity contribution >= 4 is 22.6 Å². The van der Waals surface area contributed by atoms with E-state index >= 15 is 0 Å². The van der Waals surface area contributed by atoms with E-state index in [1.54, 1.807) is 17.8 Å². The quantitative estimate of drug-likeness (QED) is 0.810. The Morgan fingerprint density at radius 1 is 1.50 bits per heavy atom. The van der Waals surface area contributed by atoms with Gasteiger partial charge in [-0.2, -0.15) is 0 Å². The smallest absolute Gasteiger partial charge is 0.161 e. The number of nitrogens with one attached hydrogen (secondary N) is 1. The number of nitrogens with zero attached hydrogens (tertiary/aromatic N) is 1. The van der Waals surface area contributed by atoms with Crippen molar-refractivity contribution in [1.82, 2.24) is 0 Å². The molecule has 1 N–H and O–H groups in total. The first kappa shape index (κ1) is 11.5. The topological polar surface area (TPSA) is 24.4 Å². The minimum atomic E-state index is -0.221. The molecule has 2 nitrogen and oxygen atoms in total. The number of para-hydroxylation sites is 1. The molecule has 0 spiro atoms. The maximum atomic E-state index is 13.6. The van der Waals surface area contributed by atoms with E-state index in [0.29, 0.717) is 11.7 Å². The van der Waals surface area contributed by atoms with Crippen LogP contribution in [0.2, 0.25) is 0 Å². The first-order chi connectivity index (χ1) is 7.66. The Kier molecular flexibility index (Phi) is 3.49. The van der Waals surface area contributed by atoms with Gasteiger partial charge in [-0.25, -0.2) is 4.39 Å². The third-order valence-corrected chi connectivity index (χ3v) is 3.49. The average molecular weight is 238 g/mol. The molecule has 4 heteroatoms. The van der Waals surface area contributed by atoms with Crippen molar-refractivity contribution in [2.24, 2.45) is 4.99 Å². The minimum Gasteiger partial charge on any atom is -0.332 e. The largest absolute Gasteiger partial charge is 0.332 e. The Labute approximate surface area is 99.3 Å². The molecule has 1 unspecified atom stereocenters. The fourth-order valence-electron chi connectivity index (χ4n) is 1.59. The zero-order valence-corrected chi connectivity index (χ0v) is 10.3. The molecule has 0 amide bonds. The molecule has 2 rings (SSSR count). The van der Waals surface area contributed by atoms with Gasteiger partial charge in [-0.15, -0.1) is 0 Å². The van der Waals surface area contributed by atoms with E-state index < -0.39 is 0 Å². The van der Waals surface area contributed by atoms with Crippen LogP contribution >= 0.6 is 11.8 Å². The third-order valence-electron chi connectivity index (χ3n) is 2.57. The summed E-state index contributed by atoms with van der Waals surface area (Å²) in [6.07, 6.45) is 1.09. The number of hydrogen-bond donors (Lipinski definition) is 1. The highest BCUT2D eigenvalue weighted by atomic mass is 32.2. The van der Waals surface area contributed by atoms with Gasteiger partial charge in [0.05, 0.1) is 11.7 Å². The van der Waals surface area contributed by atoms with Gasteiger partial charge in [-0.3, -0.25) is 4.99 Å². The molecule has 0 aromatic heterocycles. The summed E-state index contributed by atoms with van der Waals surface area (Å²) in [5.41, 5.74) is 1.45. The van der Waals surface area contributed by atoms with Crippen LogP contribution in [0.5, 0.6) is 0 Å². The van der Waals surface area contributed by atoms with E-state index in [4.69, 9.17) is 0 Å². The lowest BCUT2D eigenvalue weighted by atomic mass is 10.2. The second-order valence-electron chi connectivity index (χ2n) is 3.98. The number of rotatable bonds is 1. The van der Waals surface area contributed by atoms with Gasteiger partial charge in [0.2, 0.25) is 0 Å². The monoisotopic (exact) mass is 238 g/mol. The summed E-state index contributed by atoms with van der Waals surface area (Å²) in [6, 6.07) is 5.40. The van der Waals surface area contributed by atoms with Crippen molar-refractivity contribution in [3.8, 4) is 0 Å². The number of halogens is 1. The van der Waals surface area contributed by atoms with Crippen LogP contribution in [0.15, 0.2) is 23.2 Å². The molecule has 1 atom stereocenters. The molecule has 1 aromatic rings. The average Bonchev–Trinajstić information content (AvgIpc) is 2.24. The maximum Gasteiger partial charge on any atom is 0.161 e. The Bertz CT molecular complexity index is 397. The molecule has 0 aliphatic carbocycles. The van der Waals surface area contributed by atoms with Gasteiger partial charge < -0.3 is 5.32 Å². The number of thioether (sulfide) groups is 1. The van der Waals surface area contributed by atoms with E-state index in [1.807, 2.05) is 13.0 Å². The van der Waals surface area contributed by atoms with Gasteiger partial charge in [0.1, 0.15) is 5.82 Å². The molecular formula is C12H15FN2S. The van der Waals surface area contributed by atoms with Crippen molar-refractivity contribution < 1.29 is 4.39 Å². The molecule has 0 radical (unpaired) electrons. The number of aryl methyl sites for hydroxylation is 1. The van der Waals surface area contributed by atoms with Crippen LogP contribution in [0.3, 0.4) is 0 Å². The van der Waals surface area contributed by atoms with E-state index in [2.05, 4.69) is 17.2 Å². The van der Waals surface area contributed by atoms with Gasteiger partial charge in [-0.1, -0.05) is 23.9 Å². The predicted molar refractivity (Wildman–Crippen MR) is 68.7 cm³/mol. The standard InChI is InChI=1S/C12H15FN2S/c1-8-4-3-5-10(13)11(8)15-12-14-9(2)6-7-16-12/h3-5,9H,6-7H2,1-2H3,(H,14,15). The minimum absolute atomic E-state index is 0.221. The van der Waals surface area contributed by atoms with E-state index in [0.717, 1.165) is 22.9 Å². The number of hydrogen-bond acceptors (Lipinski definition) is 3. The fourth-order valence-corrected chi connectivity index (χ4v) is 2.67. The Morgan fingerprint density at radius 3 is 3.00 bits per heavy atom. The van der Waals surface area contributed by atoms with E-state index in [9.17, 15) is 4.39 Å². The first-order valence-electron chi connectivity index (χ1n) is 5.39. The summed E-state index contributed by atoms with van der Waals surface area (Å²) in [5.74, 6) is 0.821. The zero-order chi connectivity index (χ0) is 11.5. The fraction of sp³-hybridized carbons (Fsp3) is 0.417. The Hall–Kier alpha value is -1.03. The van der Waals surface area contributed by atoms with Crippen LogP contribution in [0.1, 0.15) is 18.9 Å². The van der Waals surface area contributed by atoms with Crippen LogP contribution in [0.4, 0.5) is 10.1 Å². The van der Waals surface area contributed by atoms with Gasteiger partial charge in [0, 0.05) is 5.75 Å². The molecule has 0 bridgehead atoms. The number of aliphatic imine (C=N–C) groups is 1. The first-order valence-corrected chi connectivity index (χ1v) is 6.38. The number of anilines is 1. The SMILES string of the molecule is Cc1cccc(F)c1NC1=NC(C)CCS1. The van der Waals surface area contributed by atoms with E-state index in [1.165, 1.54) is 6.07 Å². The lowest BCUT2D eigenvalue weighted by Gasteiger charge is -2.18. The van der Waals surface area contributed by atoms with E-state index in [-0.39, 0.29) is 5.82 Å². The lowest BCUT2D eigenvalue weighted by molar-refractivity contribution is 0.631. The van der Waals surface area contributed by atoms with Gasteiger partial charge in [-0.05, 0) is 31.9 Å². The summed E-state index contributed by atoms with van der Waals surface area (Å²) >= 11 is 1.65. The Morgan fingerprint density at radius 2 is 2.31 bits per heavy atom.